The Hall–Kier alpha value is -3.71. The van der Waals surface area contributed by atoms with Crippen LogP contribution in [0.2, 0.25) is 0 Å². The van der Waals surface area contributed by atoms with E-state index in [1.165, 1.54) is 22.9 Å². The van der Waals surface area contributed by atoms with E-state index in [4.69, 9.17) is 10.5 Å². The Morgan fingerprint density at radius 2 is 1.62 bits per heavy atom. The van der Waals surface area contributed by atoms with E-state index >= 15 is 0 Å². The maximum Gasteiger partial charge on any atom is 0.248 e. The number of aryl methyl sites for hydroxylation is 1. The Kier molecular flexibility index (Phi) is 8.90. The molecule has 1 aliphatic rings. The monoisotopic (exact) mass is 513 g/mol. The summed E-state index contributed by atoms with van der Waals surface area (Å²) in [5.74, 6) is 0.734. The summed E-state index contributed by atoms with van der Waals surface area (Å²) < 4.78 is 6.07. The molecule has 0 radical (unpaired) electrons. The van der Waals surface area contributed by atoms with Gasteiger partial charge in [-0.1, -0.05) is 68.4 Å². The van der Waals surface area contributed by atoms with Gasteiger partial charge >= 0.3 is 0 Å². The Bertz CT molecular complexity index is 1290. The number of thioether (sulfide) groups is 1. The highest BCUT2D eigenvalue weighted by Crippen LogP contribution is 2.34. The Labute approximate surface area is 222 Å². The fourth-order valence-corrected chi connectivity index (χ4v) is 5.30. The van der Waals surface area contributed by atoms with Gasteiger partial charge in [0, 0.05) is 12.0 Å². The summed E-state index contributed by atoms with van der Waals surface area (Å²) in [4.78, 5) is 24.0. The SMILES string of the molecule is CCc1ccc(OCC2=NN=C(SCC(=O)Cc3ccc(C(N)=O)cc3)C2C(C)c2ccccc2)cc1. The van der Waals surface area contributed by atoms with Crippen LogP contribution in [0.1, 0.15) is 46.8 Å². The first-order chi connectivity index (χ1) is 17.9. The van der Waals surface area contributed by atoms with E-state index in [-0.39, 0.29) is 29.8 Å². The van der Waals surface area contributed by atoms with Crippen molar-refractivity contribution >= 4 is 34.2 Å². The summed E-state index contributed by atoms with van der Waals surface area (Å²) in [5, 5.41) is 9.79. The summed E-state index contributed by atoms with van der Waals surface area (Å²) in [6.07, 6.45) is 1.26. The molecule has 2 atom stereocenters. The van der Waals surface area contributed by atoms with Crippen LogP contribution in [0.4, 0.5) is 0 Å². The Morgan fingerprint density at radius 3 is 2.27 bits per heavy atom. The Morgan fingerprint density at radius 1 is 0.946 bits per heavy atom. The molecule has 6 nitrogen and oxygen atoms in total. The molecule has 3 aromatic carbocycles. The van der Waals surface area contributed by atoms with Gasteiger partial charge in [-0.25, -0.2) is 0 Å². The minimum absolute atomic E-state index is 0.0648. The van der Waals surface area contributed by atoms with Crippen LogP contribution < -0.4 is 10.5 Å². The van der Waals surface area contributed by atoms with Gasteiger partial charge in [-0.05, 0) is 53.3 Å². The first-order valence-electron chi connectivity index (χ1n) is 12.4. The molecule has 3 aromatic rings. The first kappa shape index (κ1) is 26.4. The van der Waals surface area contributed by atoms with Gasteiger partial charge < -0.3 is 10.5 Å². The van der Waals surface area contributed by atoms with Gasteiger partial charge in [-0.15, -0.1) is 16.9 Å². The zero-order valence-electron chi connectivity index (χ0n) is 21.1. The molecule has 0 aromatic heterocycles. The van der Waals surface area contributed by atoms with Crippen molar-refractivity contribution in [1.29, 1.82) is 0 Å². The fourth-order valence-electron chi connectivity index (χ4n) is 4.27. The molecular weight excluding hydrogens is 482 g/mol. The summed E-state index contributed by atoms with van der Waals surface area (Å²) in [6, 6.07) is 25.2. The molecule has 0 aliphatic carbocycles. The molecule has 1 amide bonds. The van der Waals surface area contributed by atoms with Crippen molar-refractivity contribution in [2.75, 3.05) is 12.4 Å². The van der Waals surface area contributed by atoms with Crippen LogP contribution in [0, 0.1) is 5.92 Å². The number of hydrogen-bond donors (Lipinski definition) is 1. The third-order valence-electron chi connectivity index (χ3n) is 6.47. The average Bonchev–Trinajstić information content (AvgIpc) is 3.34. The second kappa shape index (κ2) is 12.5. The number of amides is 1. The highest BCUT2D eigenvalue weighted by molar-refractivity contribution is 8.14. The van der Waals surface area contributed by atoms with Crippen LogP contribution in [0.3, 0.4) is 0 Å². The molecule has 1 heterocycles. The number of rotatable bonds is 11. The smallest absolute Gasteiger partial charge is 0.248 e. The predicted molar refractivity (Wildman–Crippen MR) is 151 cm³/mol. The third-order valence-corrected chi connectivity index (χ3v) is 7.56. The predicted octanol–water partition coefficient (Wildman–Crippen LogP) is 5.46. The normalized spacial score (nSPS) is 15.6. The second-order valence-electron chi connectivity index (χ2n) is 9.06. The van der Waals surface area contributed by atoms with Crippen molar-refractivity contribution in [3.8, 4) is 5.75 Å². The van der Waals surface area contributed by atoms with E-state index in [1.54, 1.807) is 24.3 Å². The number of ether oxygens (including phenoxy) is 1. The van der Waals surface area contributed by atoms with Crippen molar-refractivity contribution in [3.63, 3.8) is 0 Å². The van der Waals surface area contributed by atoms with Crippen LogP contribution >= 0.6 is 11.8 Å². The summed E-state index contributed by atoms with van der Waals surface area (Å²) in [5.41, 5.74) is 9.87. The molecule has 0 bridgehead atoms. The van der Waals surface area contributed by atoms with E-state index in [9.17, 15) is 9.59 Å². The van der Waals surface area contributed by atoms with Gasteiger partial charge in [-0.2, -0.15) is 5.10 Å². The van der Waals surface area contributed by atoms with Crippen LogP contribution in [0.5, 0.6) is 5.75 Å². The van der Waals surface area contributed by atoms with E-state index in [0.717, 1.165) is 28.5 Å². The summed E-state index contributed by atoms with van der Waals surface area (Å²) >= 11 is 1.44. The van der Waals surface area contributed by atoms with Crippen molar-refractivity contribution in [2.24, 2.45) is 21.9 Å². The second-order valence-corrected chi connectivity index (χ2v) is 10.1. The van der Waals surface area contributed by atoms with Gasteiger partial charge in [0.2, 0.25) is 5.91 Å². The molecule has 1 aliphatic heterocycles. The molecule has 0 saturated heterocycles. The van der Waals surface area contributed by atoms with E-state index in [2.05, 4.69) is 48.3 Å². The summed E-state index contributed by atoms with van der Waals surface area (Å²) in [7, 11) is 0. The van der Waals surface area contributed by atoms with Crippen molar-refractivity contribution in [1.82, 2.24) is 0 Å². The number of ketones is 1. The lowest BCUT2D eigenvalue weighted by molar-refractivity contribution is -0.115. The molecular formula is C30H31N3O3S. The first-order valence-corrected chi connectivity index (χ1v) is 13.4. The number of carbonyl (C=O) groups is 2. The number of carbonyl (C=O) groups excluding carboxylic acids is 2. The van der Waals surface area contributed by atoms with Crippen LogP contribution in [-0.2, 0) is 17.6 Å². The van der Waals surface area contributed by atoms with Crippen molar-refractivity contribution < 1.29 is 14.3 Å². The molecule has 0 saturated carbocycles. The molecule has 7 heteroatoms. The Balaban J connectivity index is 1.41. The van der Waals surface area contributed by atoms with Gasteiger partial charge in [0.15, 0.2) is 0 Å². The zero-order valence-corrected chi connectivity index (χ0v) is 21.9. The minimum Gasteiger partial charge on any atom is -0.488 e. The number of nitrogens with zero attached hydrogens (tertiary/aromatic N) is 2. The van der Waals surface area contributed by atoms with E-state index in [0.29, 0.717) is 12.2 Å². The lowest BCUT2D eigenvalue weighted by atomic mass is 9.85. The van der Waals surface area contributed by atoms with Gasteiger partial charge in [0.05, 0.1) is 17.4 Å². The number of Topliss-reactive ketones (excluding diaryl/α,β-unsaturated/α-hetero) is 1. The molecule has 2 N–H and O–H groups in total. The topological polar surface area (TPSA) is 94.1 Å². The van der Waals surface area contributed by atoms with Gasteiger partial charge in [-0.3, -0.25) is 9.59 Å². The molecule has 2 unspecified atom stereocenters. The zero-order chi connectivity index (χ0) is 26.2. The van der Waals surface area contributed by atoms with Gasteiger partial charge in [0.1, 0.15) is 23.2 Å². The maximum atomic E-state index is 12.7. The number of hydrogen-bond acceptors (Lipinski definition) is 6. The number of nitrogens with two attached hydrogens (primary N) is 1. The maximum absolute atomic E-state index is 12.7. The fraction of sp³-hybridized carbons (Fsp3) is 0.267. The lowest BCUT2D eigenvalue weighted by Crippen LogP contribution is -2.29. The molecule has 0 fully saturated rings. The molecule has 37 heavy (non-hydrogen) atoms. The molecule has 4 rings (SSSR count). The quantitative estimate of drug-likeness (QED) is 0.368. The lowest BCUT2D eigenvalue weighted by Gasteiger charge is -2.23. The van der Waals surface area contributed by atoms with Crippen molar-refractivity contribution in [3.05, 3.63) is 101 Å². The average molecular weight is 514 g/mol. The van der Waals surface area contributed by atoms with Gasteiger partial charge in [0.25, 0.3) is 0 Å². The standard InChI is InChI=1S/C30H31N3O3S/c1-3-21-11-15-26(16-12-21)36-18-27-28(20(2)23-7-5-4-6-8-23)30(33-32-27)37-19-25(34)17-22-9-13-24(14-10-22)29(31)35/h4-16,20,28H,3,17-19H2,1-2H3,(H2,31,35). The van der Waals surface area contributed by atoms with Crippen LogP contribution in [0.25, 0.3) is 0 Å². The third kappa shape index (κ3) is 6.95. The van der Waals surface area contributed by atoms with E-state index in [1.807, 2.05) is 30.3 Å². The molecule has 190 valence electrons. The highest BCUT2D eigenvalue weighted by atomic mass is 32.2. The highest BCUT2D eigenvalue weighted by Gasteiger charge is 2.34. The van der Waals surface area contributed by atoms with Crippen LogP contribution in [-0.4, -0.2) is 34.8 Å². The molecule has 0 spiro atoms. The summed E-state index contributed by atoms with van der Waals surface area (Å²) in [6.45, 7) is 4.62. The van der Waals surface area contributed by atoms with E-state index < -0.39 is 5.91 Å². The van der Waals surface area contributed by atoms with Crippen LogP contribution in [0.15, 0.2) is 89.1 Å². The number of benzene rings is 3. The minimum atomic E-state index is -0.482. The number of primary amides is 1. The van der Waals surface area contributed by atoms with Crippen molar-refractivity contribution in [2.45, 2.75) is 32.6 Å². The largest absolute Gasteiger partial charge is 0.488 e.